The molecule has 1 aliphatic rings. The summed E-state index contributed by atoms with van der Waals surface area (Å²) >= 11 is 7.51. The number of carbonyl (C=O) groups excluding carboxylic acids is 1. The average Bonchev–Trinajstić information content (AvgIpc) is 3.00. The van der Waals surface area contributed by atoms with Crippen molar-refractivity contribution in [2.45, 2.75) is 26.3 Å². The summed E-state index contributed by atoms with van der Waals surface area (Å²) in [6.07, 6.45) is 1.85. The lowest BCUT2D eigenvalue weighted by atomic mass is 10.2. The number of nitrogens with one attached hydrogen (secondary N) is 2. The van der Waals surface area contributed by atoms with Gasteiger partial charge in [-0.25, -0.2) is 0 Å². The Balaban J connectivity index is 1.76. The summed E-state index contributed by atoms with van der Waals surface area (Å²) in [5, 5.41) is 6.90. The molecule has 2 N–H and O–H groups in total. The van der Waals surface area contributed by atoms with Gasteiger partial charge in [0, 0.05) is 10.7 Å². The van der Waals surface area contributed by atoms with Crippen molar-refractivity contribution in [1.82, 2.24) is 5.32 Å². The molecule has 0 spiro atoms. The van der Waals surface area contributed by atoms with Gasteiger partial charge in [0.05, 0.1) is 18.1 Å². The first kappa shape index (κ1) is 20.4. The fourth-order valence-electron chi connectivity index (χ4n) is 2.77. The number of ether oxygens (including phenoxy) is 2. The molecular formula is C21H23ClN2O3S. The predicted octanol–water partition coefficient (Wildman–Crippen LogP) is 5.05. The van der Waals surface area contributed by atoms with Gasteiger partial charge in [-0.2, -0.15) is 0 Å². The summed E-state index contributed by atoms with van der Waals surface area (Å²) in [7, 11) is 0. The van der Waals surface area contributed by atoms with E-state index in [-0.39, 0.29) is 11.4 Å². The molecule has 0 saturated carbocycles. The molecule has 0 aromatic heterocycles. The van der Waals surface area contributed by atoms with Gasteiger partial charge in [-0.3, -0.25) is 4.79 Å². The number of carbonyl (C=O) groups is 1. The molecule has 148 valence electrons. The third-order valence-electron chi connectivity index (χ3n) is 4.08. The average molecular weight is 419 g/mol. The van der Waals surface area contributed by atoms with Gasteiger partial charge in [-0.1, -0.05) is 35.5 Å². The molecular weight excluding hydrogens is 396 g/mol. The monoisotopic (exact) mass is 418 g/mol. The van der Waals surface area contributed by atoms with Gasteiger partial charge in [0.1, 0.15) is 0 Å². The molecule has 5 nitrogen and oxygen atoms in total. The second kappa shape index (κ2) is 9.26. The van der Waals surface area contributed by atoms with Crippen LogP contribution in [-0.4, -0.2) is 24.6 Å². The quantitative estimate of drug-likeness (QED) is 0.616. The van der Waals surface area contributed by atoms with E-state index in [1.54, 1.807) is 0 Å². The Morgan fingerprint density at radius 2 is 1.89 bits per heavy atom. The van der Waals surface area contributed by atoms with Gasteiger partial charge in [0.25, 0.3) is 5.91 Å². The van der Waals surface area contributed by atoms with Crippen molar-refractivity contribution in [2.24, 2.45) is 0 Å². The second-order valence-electron chi connectivity index (χ2n) is 6.16. The van der Waals surface area contributed by atoms with E-state index in [0.717, 1.165) is 16.8 Å². The van der Waals surface area contributed by atoms with E-state index in [1.807, 2.05) is 63.2 Å². The van der Waals surface area contributed by atoms with Crippen LogP contribution >= 0.6 is 23.4 Å². The highest BCUT2D eigenvalue weighted by atomic mass is 35.5. The van der Waals surface area contributed by atoms with Crippen molar-refractivity contribution in [2.75, 3.05) is 18.5 Å². The Morgan fingerprint density at radius 3 is 2.64 bits per heavy atom. The normalized spacial score (nSPS) is 17.5. The third kappa shape index (κ3) is 4.94. The summed E-state index contributed by atoms with van der Waals surface area (Å²) in [5.74, 6) is 1.26. The van der Waals surface area contributed by atoms with E-state index in [2.05, 4.69) is 10.6 Å². The van der Waals surface area contributed by atoms with E-state index < -0.39 is 0 Å². The summed E-state index contributed by atoms with van der Waals surface area (Å²) in [6, 6.07) is 11.3. The predicted molar refractivity (Wildman–Crippen MR) is 116 cm³/mol. The molecule has 2 aromatic carbocycles. The Hall–Kier alpha value is -2.31. The first-order valence-corrected chi connectivity index (χ1v) is 10.4. The molecule has 0 aliphatic carbocycles. The van der Waals surface area contributed by atoms with Crippen LogP contribution in [0.1, 0.15) is 25.0 Å². The zero-order chi connectivity index (χ0) is 20.1. The number of benzene rings is 2. The summed E-state index contributed by atoms with van der Waals surface area (Å²) < 4.78 is 11.2. The molecule has 0 bridgehead atoms. The number of anilines is 1. The minimum absolute atomic E-state index is 0.117. The van der Waals surface area contributed by atoms with E-state index in [0.29, 0.717) is 34.6 Å². The van der Waals surface area contributed by atoms with Crippen LogP contribution in [0.2, 0.25) is 5.02 Å². The van der Waals surface area contributed by atoms with Crippen molar-refractivity contribution in [3.63, 3.8) is 0 Å². The van der Waals surface area contributed by atoms with Crippen LogP contribution in [0.5, 0.6) is 11.5 Å². The van der Waals surface area contributed by atoms with E-state index in [4.69, 9.17) is 21.1 Å². The molecule has 28 heavy (non-hydrogen) atoms. The van der Waals surface area contributed by atoms with Crippen molar-refractivity contribution in [1.29, 1.82) is 0 Å². The maximum absolute atomic E-state index is 12.4. The number of hydrogen-bond donors (Lipinski definition) is 2. The molecule has 1 aliphatic heterocycles. The Bertz CT molecular complexity index is 901. The van der Waals surface area contributed by atoms with Crippen LogP contribution in [0.25, 0.3) is 6.08 Å². The molecule has 1 heterocycles. The van der Waals surface area contributed by atoms with Crippen molar-refractivity contribution >= 4 is 41.0 Å². The molecule has 3 rings (SSSR count). The van der Waals surface area contributed by atoms with Gasteiger partial charge >= 0.3 is 0 Å². The van der Waals surface area contributed by atoms with Gasteiger partial charge < -0.3 is 20.1 Å². The number of halogens is 1. The van der Waals surface area contributed by atoms with Crippen LogP contribution in [0, 0.1) is 6.92 Å². The minimum atomic E-state index is -0.259. The first-order valence-electron chi connectivity index (χ1n) is 9.11. The highest BCUT2D eigenvalue weighted by molar-refractivity contribution is 8.05. The van der Waals surface area contributed by atoms with E-state index >= 15 is 0 Å². The summed E-state index contributed by atoms with van der Waals surface area (Å²) in [4.78, 5) is 13.0. The molecule has 1 fully saturated rings. The zero-order valence-electron chi connectivity index (χ0n) is 16.0. The number of rotatable bonds is 7. The molecule has 1 atom stereocenters. The molecule has 7 heteroatoms. The van der Waals surface area contributed by atoms with Crippen LogP contribution in [0.4, 0.5) is 5.69 Å². The standard InChI is InChI=1S/C21H23ClN2O3S/c1-4-26-17-9-7-14(10-18(17)27-5-2)11-19-20(25)24-21(28-19)23-16-12-15(22)8-6-13(16)3/h6-12,21,23H,4-5H2,1-3H3,(H,24,25)/b19-11-. The van der Waals surface area contributed by atoms with Crippen LogP contribution in [0.15, 0.2) is 41.3 Å². The van der Waals surface area contributed by atoms with Crippen LogP contribution < -0.4 is 20.1 Å². The number of amides is 1. The topological polar surface area (TPSA) is 59.6 Å². The molecule has 0 radical (unpaired) electrons. The molecule has 1 amide bonds. The first-order chi connectivity index (χ1) is 13.5. The van der Waals surface area contributed by atoms with Crippen molar-refractivity contribution in [3.05, 3.63) is 57.5 Å². The second-order valence-corrected chi connectivity index (χ2v) is 7.74. The highest BCUT2D eigenvalue weighted by Gasteiger charge is 2.27. The van der Waals surface area contributed by atoms with Crippen molar-refractivity contribution < 1.29 is 14.3 Å². The van der Waals surface area contributed by atoms with Gasteiger partial charge in [-0.15, -0.1) is 0 Å². The smallest absolute Gasteiger partial charge is 0.260 e. The number of aryl methyl sites for hydroxylation is 1. The SMILES string of the molecule is CCOc1ccc(/C=C2\SC(Nc3cc(Cl)ccc3C)NC2=O)cc1OCC. The van der Waals surface area contributed by atoms with E-state index in [1.165, 1.54) is 11.8 Å². The lowest BCUT2D eigenvalue weighted by Crippen LogP contribution is -2.31. The van der Waals surface area contributed by atoms with Crippen molar-refractivity contribution in [3.8, 4) is 11.5 Å². The number of hydrogen-bond acceptors (Lipinski definition) is 5. The summed E-state index contributed by atoms with van der Waals surface area (Å²) in [5.41, 5.74) is 2.57. The fourth-order valence-corrected chi connectivity index (χ4v) is 3.91. The van der Waals surface area contributed by atoms with Gasteiger partial charge in [0.2, 0.25) is 0 Å². The maximum Gasteiger partial charge on any atom is 0.260 e. The lowest BCUT2D eigenvalue weighted by Gasteiger charge is -2.15. The molecule has 1 unspecified atom stereocenters. The molecule has 1 saturated heterocycles. The minimum Gasteiger partial charge on any atom is -0.490 e. The Morgan fingerprint density at radius 1 is 1.14 bits per heavy atom. The van der Waals surface area contributed by atoms with E-state index in [9.17, 15) is 4.79 Å². The third-order valence-corrected chi connectivity index (χ3v) is 5.35. The highest BCUT2D eigenvalue weighted by Crippen LogP contribution is 2.34. The Kier molecular flexibility index (Phi) is 6.75. The summed E-state index contributed by atoms with van der Waals surface area (Å²) in [6.45, 7) is 6.95. The Labute approximate surface area is 174 Å². The number of thioether (sulfide) groups is 1. The molecule has 2 aromatic rings. The van der Waals surface area contributed by atoms with Gasteiger partial charge in [0.15, 0.2) is 17.0 Å². The maximum atomic E-state index is 12.4. The van der Waals surface area contributed by atoms with Crippen LogP contribution in [-0.2, 0) is 4.79 Å². The lowest BCUT2D eigenvalue weighted by molar-refractivity contribution is -0.116. The zero-order valence-corrected chi connectivity index (χ0v) is 17.6. The largest absolute Gasteiger partial charge is 0.490 e. The van der Waals surface area contributed by atoms with Gasteiger partial charge in [-0.05, 0) is 62.2 Å². The van der Waals surface area contributed by atoms with Crippen LogP contribution in [0.3, 0.4) is 0 Å². The fraction of sp³-hybridized carbons (Fsp3) is 0.286.